The average molecular weight is 578 g/mol. The van der Waals surface area contributed by atoms with Crippen LogP contribution in [-0.4, -0.2) is 70.4 Å². The van der Waals surface area contributed by atoms with E-state index in [1.807, 2.05) is 29.4 Å². The van der Waals surface area contributed by atoms with Crippen LogP contribution in [0.4, 0.5) is 0 Å². The highest BCUT2D eigenvalue weighted by molar-refractivity contribution is 14.0. The van der Waals surface area contributed by atoms with Crippen LogP contribution in [0.25, 0.3) is 0 Å². The number of thioether (sulfide) groups is 1. The van der Waals surface area contributed by atoms with Crippen LogP contribution >= 0.6 is 47.1 Å². The summed E-state index contributed by atoms with van der Waals surface area (Å²) in [5.74, 6) is 3.09. The Morgan fingerprint density at radius 2 is 2.10 bits per heavy atom. The molecule has 1 atom stereocenters. The zero-order valence-corrected chi connectivity index (χ0v) is 22.6. The lowest BCUT2D eigenvalue weighted by molar-refractivity contribution is 0.255. The molecule has 0 amide bonds. The molecular weight excluding hydrogens is 541 g/mol. The fourth-order valence-electron chi connectivity index (χ4n) is 3.73. The number of aliphatic imine (C=N–C) groups is 1. The molecular formula is C21H36IN7S2. The van der Waals surface area contributed by atoms with E-state index >= 15 is 0 Å². The third kappa shape index (κ3) is 8.54. The zero-order valence-electron chi connectivity index (χ0n) is 18.6. The topological polar surface area (TPSA) is 70.4 Å². The summed E-state index contributed by atoms with van der Waals surface area (Å²) in [6.45, 7) is 7.81. The van der Waals surface area contributed by atoms with E-state index in [-0.39, 0.29) is 24.0 Å². The molecule has 1 unspecified atom stereocenters. The number of hydrogen-bond donors (Lipinski definition) is 2. The number of rotatable bonds is 12. The van der Waals surface area contributed by atoms with Crippen molar-refractivity contribution in [2.45, 2.75) is 45.2 Å². The second-order valence-electron chi connectivity index (χ2n) is 7.46. The second-order valence-corrected chi connectivity index (χ2v) is 9.42. The lowest BCUT2D eigenvalue weighted by Gasteiger charge is -2.25. The van der Waals surface area contributed by atoms with Gasteiger partial charge in [0, 0.05) is 30.9 Å². The Morgan fingerprint density at radius 1 is 1.29 bits per heavy atom. The van der Waals surface area contributed by atoms with Crippen LogP contribution in [-0.2, 0) is 13.0 Å². The number of hydrogen-bond acceptors (Lipinski definition) is 6. The number of aromatic nitrogens is 3. The molecule has 0 saturated carbocycles. The largest absolute Gasteiger partial charge is 0.356 e. The summed E-state index contributed by atoms with van der Waals surface area (Å²) in [5, 5.41) is 17.4. The Kier molecular flexibility index (Phi) is 12.8. The molecule has 1 aliphatic rings. The molecule has 0 spiro atoms. The van der Waals surface area contributed by atoms with Crippen molar-refractivity contribution in [3.63, 3.8) is 0 Å². The van der Waals surface area contributed by atoms with E-state index in [1.54, 1.807) is 0 Å². The standard InChI is InChI=1S/C21H35N7S2.HI/c1-3-20-26-25-17-28(20)13-10-23-21(22-9-7-14-29-2)24-16-18(19-8-6-15-30-19)27-11-4-5-12-27;/h6,8,15,17-18H,3-5,7,9-14,16H2,1-2H3,(H2,22,23,24);1H. The number of guanidine groups is 1. The Morgan fingerprint density at radius 3 is 2.81 bits per heavy atom. The summed E-state index contributed by atoms with van der Waals surface area (Å²) in [5.41, 5.74) is 0. The van der Waals surface area contributed by atoms with Gasteiger partial charge in [-0.15, -0.1) is 45.5 Å². The van der Waals surface area contributed by atoms with Gasteiger partial charge in [-0.3, -0.25) is 9.89 Å². The summed E-state index contributed by atoms with van der Waals surface area (Å²) in [6.07, 6.45) is 8.58. The van der Waals surface area contributed by atoms with Crippen molar-refractivity contribution in [1.82, 2.24) is 30.3 Å². The lowest BCUT2D eigenvalue weighted by atomic mass is 10.2. The third-order valence-electron chi connectivity index (χ3n) is 5.35. The molecule has 0 bridgehead atoms. The van der Waals surface area contributed by atoms with Crippen molar-refractivity contribution in [3.05, 3.63) is 34.5 Å². The van der Waals surface area contributed by atoms with Gasteiger partial charge >= 0.3 is 0 Å². The van der Waals surface area contributed by atoms with Gasteiger partial charge in [-0.05, 0) is 55.8 Å². The van der Waals surface area contributed by atoms with E-state index in [0.29, 0.717) is 6.04 Å². The van der Waals surface area contributed by atoms with Crippen molar-refractivity contribution >= 4 is 53.0 Å². The predicted octanol–water partition coefficient (Wildman–Crippen LogP) is 3.65. The van der Waals surface area contributed by atoms with Crippen molar-refractivity contribution in [3.8, 4) is 0 Å². The van der Waals surface area contributed by atoms with Crippen molar-refractivity contribution < 1.29 is 0 Å². The zero-order chi connectivity index (χ0) is 21.0. The Balaban J connectivity index is 0.00000341. The first-order valence-corrected chi connectivity index (χ1v) is 13.2. The first-order valence-electron chi connectivity index (χ1n) is 11.0. The van der Waals surface area contributed by atoms with Crippen molar-refractivity contribution in [1.29, 1.82) is 0 Å². The molecule has 31 heavy (non-hydrogen) atoms. The van der Waals surface area contributed by atoms with E-state index in [1.165, 1.54) is 30.8 Å². The fraction of sp³-hybridized carbons (Fsp3) is 0.667. The van der Waals surface area contributed by atoms with Crippen LogP contribution in [0.2, 0.25) is 0 Å². The smallest absolute Gasteiger partial charge is 0.191 e. The number of nitrogens with zero attached hydrogens (tertiary/aromatic N) is 5. The SMILES string of the molecule is CCc1nncn1CCNC(=NCC(c1cccs1)N1CCCC1)NCCCSC.I. The average Bonchev–Trinajstić information content (AvgIpc) is 3.54. The number of thiophene rings is 1. The van der Waals surface area contributed by atoms with Gasteiger partial charge in [0.15, 0.2) is 5.96 Å². The van der Waals surface area contributed by atoms with Gasteiger partial charge in [-0.1, -0.05) is 13.0 Å². The number of likely N-dealkylation sites (tertiary alicyclic amines) is 1. The summed E-state index contributed by atoms with van der Waals surface area (Å²) in [4.78, 5) is 9.00. The number of halogens is 1. The van der Waals surface area contributed by atoms with Crippen LogP contribution in [0.5, 0.6) is 0 Å². The molecule has 1 saturated heterocycles. The molecule has 1 fully saturated rings. The molecule has 10 heteroatoms. The van der Waals surface area contributed by atoms with Crippen LogP contribution in [0.1, 0.15) is 42.9 Å². The predicted molar refractivity (Wildman–Crippen MR) is 144 cm³/mol. The fourth-order valence-corrected chi connectivity index (χ4v) is 5.01. The lowest BCUT2D eigenvalue weighted by Crippen LogP contribution is -2.40. The van der Waals surface area contributed by atoms with Gasteiger partial charge in [0.05, 0.1) is 12.6 Å². The van der Waals surface area contributed by atoms with Gasteiger partial charge in [0.2, 0.25) is 0 Å². The van der Waals surface area contributed by atoms with Crippen molar-refractivity contribution in [2.24, 2.45) is 4.99 Å². The van der Waals surface area contributed by atoms with Gasteiger partial charge in [0.25, 0.3) is 0 Å². The normalized spacial score (nSPS) is 15.6. The van der Waals surface area contributed by atoms with Crippen LogP contribution in [0.15, 0.2) is 28.8 Å². The molecule has 0 radical (unpaired) electrons. The maximum atomic E-state index is 5.00. The first kappa shape index (κ1) is 26.4. The summed E-state index contributed by atoms with van der Waals surface area (Å²) >= 11 is 3.73. The summed E-state index contributed by atoms with van der Waals surface area (Å²) < 4.78 is 2.11. The molecule has 7 nitrogen and oxygen atoms in total. The second kappa shape index (κ2) is 15.1. The minimum atomic E-state index is 0. The van der Waals surface area contributed by atoms with Gasteiger partial charge in [-0.25, -0.2) is 0 Å². The summed E-state index contributed by atoms with van der Waals surface area (Å²) in [6, 6.07) is 4.78. The van der Waals surface area contributed by atoms with Crippen molar-refractivity contribution in [2.75, 3.05) is 44.7 Å². The Hall–Kier alpha value is -0.850. The molecule has 1 aliphatic heterocycles. The minimum absolute atomic E-state index is 0. The van der Waals surface area contributed by atoms with Crippen LogP contribution in [0, 0.1) is 0 Å². The van der Waals surface area contributed by atoms with E-state index in [0.717, 1.165) is 56.6 Å². The third-order valence-corrected chi connectivity index (χ3v) is 7.02. The van der Waals surface area contributed by atoms with Gasteiger partial charge < -0.3 is 15.2 Å². The maximum Gasteiger partial charge on any atom is 0.191 e. The molecule has 0 aliphatic carbocycles. The molecule has 2 aromatic heterocycles. The molecule has 3 heterocycles. The minimum Gasteiger partial charge on any atom is -0.356 e. The molecule has 3 rings (SSSR count). The number of aryl methyl sites for hydroxylation is 1. The van der Waals surface area contributed by atoms with E-state index in [4.69, 9.17) is 4.99 Å². The highest BCUT2D eigenvalue weighted by Gasteiger charge is 2.24. The number of nitrogens with one attached hydrogen (secondary N) is 2. The highest BCUT2D eigenvalue weighted by Crippen LogP contribution is 2.28. The van der Waals surface area contributed by atoms with E-state index < -0.39 is 0 Å². The highest BCUT2D eigenvalue weighted by atomic mass is 127. The van der Waals surface area contributed by atoms with Gasteiger partial charge in [0.1, 0.15) is 12.2 Å². The monoisotopic (exact) mass is 577 g/mol. The Bertz CT molecular complexity index is 745. The first-order chi connectivity index (χ1) is 14.8. The Labute approximate surface area is 211 Å². The molecule has 2 aromatic rings. The van der Waals surface area contributed by atoms with E-state index in [2.05, 4.69) is 61.0 Å². The summed E-state index contributed by atoms with van der Waals surface area (Å²) in [7, 11) is 0. The molecule has 174 valence electrons. The van der Waals surface area contributed by atoms with Crippen LogP contribution in [0.3, 0.4) is 0 Å². The van der Waals surface area contributed by atoms with Crippen LogP contribution < -0.4 is 10.6 Å². The maximum absolute atomic E-state index is 5.00. The molecule has 2 N–H and O–H groups in total. The molecule has 0 aromatic carbocycles. The van der Waals surface area contributed by atoms with E-state index in [9.17, 15) is 0 Å². The quantitative estimate of drug-likeness (QED) is 0.174. The van der Waals surface area contributed by atoms with Gasteiger partial charge in [-0.2, -0.15) is 11.8 Å².